The number of aromatic nitrogens is 5. The van der Waals surface area contributed by atoms with Crippen LogP contribution in [0.3, 0.4) is 0 Å². The van der Waals surface area contributed by atoms with E-state index in [1.165, 1.54) is 18.3 Å². The highest BCUT2D eigenvalue weighted by Crippen LogP contribution is 2.31. The summed E-state index contributed by atoms with van der Waals surface area (Å²) in [5.41, 5.74) is 5.45. The third-order valence-corrected chi connectivity index (χ3v) is 6.15. The molecule has 6 rings (SSSR count). The minimum Gasteiger partial charge on any atom is -0.490 e. The minimum atomic E-state index is -0.563. The number of halogens is 1. The van der Waals surface area contributed by atoms with Crippen molar-refractivity contribution in [2.24, 2.45) is 0 Å². The lowest BCUT2D eigenvalue weighted by Crippen LogP contribution is -2.33. The molecule has 3 aromatic heterocycles. The SMILES string of the molecule is CCc1nn2c(nnc3c(=O)n(NC(=O)c4ccc5c(c4)OCCCO5)ccc32)c1-c1ccc(F)cc1. The summed E-state index contributed by atoms with van der Waals surface area (Å²) in [6.07, 6.45) is 2.79. The molecule has 0 bridgehead atoms. The molecule has 0 unspecified atom stereocenters. The number of carbonyl (C=O) groups excluding carboxylic acids is 1. The van der Waals surface area contributed by atoms with Gasteiger partial charge in [-0.25, -0.2) is 13.6 Å². The van der Waals surface area contributed by atoms with Gasteiger partial charge in [0, 0.05) is 18.2 Å². The van der Waals surface area contributed by atoms with Crippen LogP contribution in [0.25, 0.3) is 27.8 Å². The second kappa shape index (κ2) is 9.01. The van der Waals surface area contributed by atoms with Crippen molar-refractivity contribution in [1.29, 1.82) is 0 Å². The Morgan fingerprint density at radius 1 is 1.05 bits per heavy atom. The molecular weight excluding hydrogens is 479 g/mol. The molecule has 1 amide bonds. The van der Waals surface area contributed by atoms with Crippen molar-refractivity contribution in [3.8, 4) is 22.6 Å². The third-order valence-electron chi connectivity index (χ3n) is 6.15. The number of ether oxygens (including phenoxy) is 2. The lowest BCUT2D eigenvalue weighted by molar-refractivity contribution is 0.101. The highest BCUT2D eigenvalue weighted by Gasteiger charge is 2.20. The molecule has 5 aromatic rings. The Bertz CT molecular complexity index is 1730. The van der Waals surface area contributed by atoms with Crippen molar-refractivity contribution in [3.63, 3.8) is 0 Å². The molecule has 0 atom stereocenters. The number of rotatable bonds is 4. The van der Waals surface area contributed by atoms with Crippen molar-refractivity contribution >= 4 is 22.6 Å². The van der Waals surface area contributed by atoms with E-state index < -0.39 is 11.5 Å². The van der Waals surface area contributed by atoms with Crippen LogP contribution in [0, 0.1) is 5.82 Å². The zero-order chi connectivity index (χ0) is 25.5. The molecule has 10 nitrogen and oxygen atoms in total. The second-order valence-corrected chi connectivity index (χ2v) is 8.50. The molecule has 11 heteroatoms. The van der Waals surface area contributed by atoms with Crippen molar-refractivity contribution in [2.45, 2.75) is 19.8 Å². The highest BCUT2D eigenvalue weighted by atomic mass is 19.1. The molecule has 0 aliphatic carbocycles. The molecule has 1 N–H and O–H groups in total. The van der Waals surface area contributed by atoms with Crippen LogP contribution < -0.4 is 20.5 Å². The Morgan fingerprint density at radius 2 is 1.84 bits per heavy atom. The van der Waals surface area contributed by atoms with Crippen LogP contribution in [0.2, 0.25) is 0 Å². The second-order valence-electron chi connectivity index (χ2n) is 8.50. The Hall–Kier alpha value is -4.80. The first-order valence-corrected chi connectivity index (χ1v) is 11.8. The predicted molar refractivity (Wildman–Crippen MR) is 133 cm³/mol. The summed E-state index contributed by atoms with van der Waals surface area (Å²) in [4.78, 5) is 26.1. The summed E-state index contributed by atoms with van der Waals surface area (Å²) in [6, 6.07) is 12.5. The highest BCUT2D eigenvalue weighted by molar-refractivity contribution is 6.00. The van der Waals surface area contributed by atoms with Crippen LogP contribution in [-0.2, 0) is 6.42 Å². The van der Waals surface area contributed by atoms with Gasteiger partial charge in [-0.2, -0.15) is 5.10 Å². The van der Waals surface area contributed by atoms with Crippen LogP contribution in [0.5, 0.6) is 11.5 Å². The summed E-state index contributed by atoms with van der Waals surface area (Å²) in [5.74, 6) is 0.203. The summed E-state index contributed by atoms with van der Waals surface area (Å²) < 4.78 is 27.3. The van der Waals surface area contributed by atoms with E-state index in [0.717, 1.165) is 27.9 Å². The predicted octanol–water partition coefficient (Wildman–Crippen LogP) is 3.35. The van der Waals surface area contributed by atoms with E-state index in [0.29, 0.717) is 47.9 Å². The standard InChI is InChI=1S/C26H21FN6O4/c1-2-18-22(15-4-7-17(27)8-5-15)24-29-28-23-19(33(24)30-18)10-11-32(26(23)35)31-25(34)16-6-9-20-21(14-16)37-13-3-12-36-20/h4-11,14H,2-3,12-13H2,1H3,(H,31,34). The van der Waals surface area contributed by atoms with Gasteiger partial charge in [-0.1, -0.05) is 19.1 Å². The van der Waals surface area contributed by atoms with Gasteiger partial charge in [0.25, 0.3) is 11.5 Å². The van der Waals surface area contributed by atoms with E-state index in [4.69, 9.17) is 9.47 Å². The molecule has 0 spiro atoms. The average Bonchev–Trinajstić information content (AvgIpc) is 3.13. The first kappa shape index (κ1) is 22.7. The number of nitrogens with one attached hydrogen (secondary N) is 1. The Labute approximate surface area is 209 Å². The number of benzene rings is 2. The third kappa shape index (κ3) is 3.94. The zero-order valence-electron chi connectivity index (χ0n) is 19.8. The fraction of sp³-hybridized carbons (Fsp3) is 0.192. The quantitative estimate of drug-likeness (QED) is 0.403. The van der Waals surface area contributed by atoms with Crippen molar-refractivity contribution < 1.29 is 18.7 Å². The fourth-order valence-corrected chi connectivity index (χ4v) is 4.32. The first-order chi connectivity index (χ1) is 18.0. The van der Waals surface area contributed by atoms with Gasteiger partial charge >= 0.3 is 0 Å². The van der Waals surface area contributed by atoms with E-state index in [-0.39, 0.29) is 11.3 Å². The molecule has 0 radical (unpaired) electrons. The smallest absolute Gasteiger partial charge is 0.299 e. The fourth-order valence-electron chi connectivity index (χ4n) is 4.32. The zero-order valence-corrected chi connectivity index (χ0v) is 19.8. The minimum absolute atomic E-state index is 0.0322. The molecule has 0 saturated carbocycles. The van der Waals surface area contributed by atoms with Crippen molar-refractivity contribution in [3.05, 3.63) is 82.2 Å². The number of carbonyl (C=O) groups is 1. The van der Waals surface area contributed by atoms with Gasteiger partial charge in [0.15, 0.2) is 22.7 Å². The van der Waals surface area contributed by atoms with E-state index >= 15 is 0 Å². The van der Waals surface area contributed by atoms with E-state index in [9.17, 15) is 14.0 Å². The molecule has 4 heterocycles. The van der Waals surface area contributed by atoms with Gasteiger partial charge in [-0.05, 0) is 48.4 Å². The summed E-state index contributed by atoms with van der Waals surface area (Å²) in [5, 5.41) is 13.1. The van der Waals surface area contributed by atoms with E-state index in [1.807, 2.05) is 6.92 Å². The number of aryl methyl sites for hydroxylation is 1. The lowest BCUT2D eigenvalue weighted by atomic mass is 10.0. The topological polar surface area (TPSA) is 113 Å². The number of amides is 1. The molecule has 0 saturated heterocycles. The van der Waals surface area contributed by atoms with Gasteiger partial charge in [-0.15, -0.1) is 10.2 Å². The maximum absolute atomic E-state index is 13.5. The molecule has 1 aliphatic rings. The van der Waals surface area contributed by atoms with Gasteiger partial charge in [0.1, 0.15) is 11.3 Å². The molecule has 0 fully saturated rings. The molecule has 1 aliphatic heterocycles. The lowest BCUT2D eigenvalue weighted by Gasteiger charge is -2.11. The van der Waals surface area contributed by atoms with Crippen molar-refractivity contribution in [1.82, 2.24) is 24.5 Å². The molecule has 2 aromatic carbocycles. The van der Waals surface area contributed by atoms with Crippen LogP contribution in [-0.4, -0.2) is 43.6 Å². The van der Waals surface area contributed by atoms with Crippen LogP contribution >= 0.6 is 0 Å². The van der Waals surface area contributed by atoms with E-state index in [1.54, 1.807) is 40.9 Å². The molecular formula is C26H21FN6O4. The summed E-state index contributed by atoms with van der Waals surface area (Å²) in [7, 11) is 0. The summed E-state index contributed by atoms with van der Waals surface area (Å²) >= 11 is 0. The normalized spacial score (nSPS) is 13.0. The largest absolute Gasteiger partial charge is 0.490 e. The number of hydrogen-bond acceptors (Lipinski definition) is 7. The van der Waals surface area contributed by atoms with Crippen LogP contribution in [0.4, 0.5) is 4.39 Å². The Morgan fingerprint density at radius 3 is 2.62 bits per heavy atom. The van der Waals surface area contributed by atoms with Crippen molar-refractivity contribution in [2.75, 3.05) is 18.6 Å². The van der Waals surface area contributed by atoms with Gasteiger partial charge in [0.2, 0.25) is 0 Å². The van der Waals surface area contributed by atoms with Crippen LogP contribution in [0.15, 0.2) is 59.5 Å². The number of hydrogen-bond donors (Lipinski definition) is 1. The molecule has 37 heavy (non-hydrogen) atoms. The number of nitrogens with zero attached hydrogens (tertiary/aromatic N) is 5. The molecule has 186 valence electrons. The Balaban J connectivity index is 1.38. The summed E-state index contributed by atoms with van der Waals surface area (Å²) in [6.45, 7) is 2.98. The average molecular weight is 500 g/mol. The van der Waals surface area contributed by atoms with Crippen LogP contribution in [0.1, 0.15) is 29.4 Å². The van der Waals surface area contributed by atoms with Gasteiger partial charge in [-0.3, -0.25) is 15.0 Å². The first-order valence-electron chi connectivity index (χ1n) is 11.8. The van der Waals surface area contributed by atoms with Gasteiger partial charge in [0.05, 0.1) is 24.5 Å². The van der Waals surface area contributed by atoms with Gasteiger partial charge < -0.3 is 9.47 Å². The number of fused-ring (bicyclic) bond motifs is 4. The monoisotopic (exact) mass is 500 g/mol. The maximum Gasteiger partial charge on any atom is 0.299 e. The Kier molecular flexibility index (Phi) is 5.52. The van der Waals surface area contributed by atoms with E-state index in [2.05, 4.69) is 20.7 Å². The number of pyridine rings is 1. The maximum atomic E-state index is 13.5.